The van der Waals surface area contributed by atoms with E-state index in [1.807, 2.05) is 0 Å². The number of hydrogen-bond acceptors (Lipinski definition) is 3. The fourth-order valence-electron chi connectivity index (χ4n) is 2.39. The molecule has 0 amide bonds. The molecule has 0 radical (unpaired) electrons. The first-order valence-electron chi connectivity index (χ1n) is 6.67. The number of benzene rings is 2. The standard InChI is InChI=1S/C17H11ClFNO3/c1-23-16-5-2-9(18)6-13(16)15-8-12(17(21)22)11-7-10(19)3-4-14(11)20-15/h2-8H,1H3,(H,21,22). The number of methoxy groups -OCH3 is 1. The second-order valence-electron chi connectivity index (χ2n) is 4.87. The molecule has 0 unspecified atom stereocenters. The second-order valence-corrected chi connectivity index (χ2v) is 5.30. The lowest BCUT2D eigenvalue weighted by molar-refractivity contribution is 0.0699. The van der Waals surface area contributed by atoms with Gasteiger partial charge >= 0.3 is 5.97 Å². The average Bonchev–Trinajstić information content (AvgIpc) is 2.53. The van der Waals surface area contributed by atoms with Crippen LogP contribution in [0.3, 0.4) is 0 Å². The summed E-state index contributed by atoms with van der Waals surface area (Å²) in [5.41, 5.74) is 1.30. The fourth-order valence-corrected chi connectivity index (χ4v) is 2.57. The molecule has 0 fully saturated rings. The topological polar surface area (TPSA) is 59.4 Å². The molecule has 3 rings (SSSR count). The summed E-state index contributed by atoms with van der Waals surface area (Å²) in [6.45, 7) is 0. The van der Waals surface area contributed by atoms with E-state index >= 15 is 0 Å². The maximum Gasteiger partial charge on any atom is 0.336 e. The molecule has 0 saturated heterocycles. The van der Waals surface area contributed by atoms with Gasteiger partial charge in [-0.2, -0.15) is 0 Å². The summed E-state index contributed by atoms with van der Waals surface area (Å²) < 4.78 is 18.7. The summed E-state index contributed by atoms with van der Waals surface area (Å²) in [6, 6.07) is 10.2. The number of pyridine rings is 1. The number of fused-ring (bicyclic) bond motifs is 1. The predicted octanol–water partition coefficient (Wildman–Crippen LogP) is 4.40. The van der Waals surface area contributed by atoms with E-state index in [1.165, 1.54) is 25.3 Å². The van der Waals surface area contributed by atoms with Crippen LogP contribution in [0.2, 0.25) is 5.02 Å². The van der Waals surface area contributed by atoms with E-state index in [1.54, 1.807) is 18.2 Å². The van der Waals surface area contributed by atoms with Crippen LogP contribution >= 0.6 is 11.6 Å². The van der Waals surface area contributed by atoms with Crippen LogP contribution in [0.4, 0.5) is 4.39 Å². The SMILES string of the molecule is COc1ccc(Cl)cc1-c1cc(C(=O)O)c2cc(F)ccc2n1. The van der Waals surface area contributed by atoms with E-state index < -0.39 is 11.8 Å². The van der Waals surface area contributed by atoms with E-state index in [0.717, 1.165) is 6.07 Å². The van der Waals surface area contributed by atoms with Gasteiger partial charge in [-0.1, -0.05) is 11.6 Å². The Hall–Kier alpha value is -2.66. The molecule has 0 saturated carbocycles. The lowest BCUT2D eigenvalue weighted by Crippen LogP contribution is -2.01. The molecule has 0 aliphatic heterocycles. The molecule has 23 heavy (non-hydrogen) atoms. The van der Waals surface area contributed by atoms with Gasteiger partial charge in [0.2, 0.25) is 0 Å². The summed E-state index contributed by atoms with van der Waals surface area (Å²) in [6.07, 6.45) is 0. The predicted molar refractivity (Wildman–Crippen MR) is 85.7 cm³/mol. The summed E-state index contributed by atoms with van der Waals surface area (Å²) in [5, 5.41) is 10.1. The first-order chi connectivity index (χ1) is 11.0. The molecule has 2 aromatic carbocycles. The Kier molecular flexibility index (Phi) is 3.88. The molecule has 1 aromatic heterocycles. The number of carbonyl (C=O) groups is 1. The van der Waals surface area contributed by atoms with Crippen molar-refractivity contribution in [2.45, 2.75) is 0 Å². The monoisotopic (exact) mass is 331 g/mol. The van der Waals surface area contributed by atoms with E-state index in [-0.39, 0.29) is 10.9 Å². The zero-order valence-electron chi connectivity index (χ0n) is 12.0. The van der Waals surface area contributed by atoms with Crippen LogP contribution in [0.5, 0.6) is 5.75 Å². The Morgan fingerprint density at radius 3 is 2.70 bits per heavy atom. The first-order valence-corrected chi connectivity index (χ1v) is 7.05. The lowest BCUT2D eigenvalue weighted by Gasteiger charge is -2.11. The van der Waals surface area contributed by atoms with Gasteiger partial charge in [0.25, 0.3) is 0 Å². The van der Waals surface area contributed by atoms with Gasteiger partial charge in [-0.3, -0.25) is 0 Å². The Morgan fingerprint density at radius 2 is 2.00 bits per heavy atom. The minimum Gasteiger partial charge on any atom is -0.496 e. The highest BCUT2D eigenvalue weighted by molar-refractivity contribution is 6.31. The Bertz CT molecular complexity index is 927. The minimum atomic E-state index is -1.16. The zero-order valence-corrected chi connectivity index (χ0v) is 12.8. The van der Waals surface area contributed by atoms with Crippen molar-refractivity contribution >= 4 is 28.5 Å². The number of ether oxygens (including phenoxy) is 1. The largest absolute Gasteiger partial charge is 0.496 e. The lowest BCUT2D eigenvalue weighted by atomic mass is 10.0. The molecule has 0 spiro atoms. The van der Waals surface area contributed by atoms with Gasteiger partial charge in [0.05, 0.1) is 23.9 Å². The molecule has 1 heterocycles. The molecule has 0 aliphatic carbocycles. The number of rotatable bonds is 3. The van der Waals surface area contributed by atoms with Crippen molar-refractivity contribution in [3.05, 3.63) is 58.9 Å². The third kappa shape index (κ3) is 2.83. The molecule has 0 atom stereocenters. The first kappa shape index (κ1) is 15.2. The third-order valence-electron chi connectivity index (χ3n) is 3.44. The van der Waals surface area contributed by atoms with Crippen molar-refractivity contribution in [2.75, 3.05) is 7.11 Å². The van der Waals surface area contributed by atoms with Gasteiger partial charge in [-0.25, -0.2) is 14.2 Å². The van der Waals surface area contributed by atoms with Gasteiger partial charge in [-0.15, -0.1) is 0 Å². The molecular weight excluding hydrogens is 321 g/mol. The Morgan fingerprint density at radius 1 is 1.22 bits per heavy atom. The third-order valence-corrected chi connectivity index (χ3v) is 3.67. The summed E-state index contributed by atoms with van der Waals surface area (Å²) >= 11 is 6.02. The van der Waals surface area contributed by atoms with Gasteiger partial charge in [0.1, 0.15) is 11.6 Å². The van der Waals surface area contributed by atoms with Gasteiger partial charge in [-0.05, 0) is 42.5 Å². The normalized spacial score (nSPS) is 10.7. The van der Waals surface area contributed by atoms with Gasteiger partial charge in [0.15, 0.2) is 0 Å². The van der Waals surface area contributed by atoms with Gasteiger partial charge in [0, 0.05) is 16.0 Å². The maximum atomic E-state index is 13.4. The quantitative estimate of drug-likeness (QED) is 0.772. The van der Waals surface area contributed by atoms with Crippen LogP contribution in [0.25, 0.3) is 22.2 Å². The summed E-state index contributed by atoms with van der Waals surface area (Å²) in [4.78, 5) is 15.9. The number of halogens is 2. The van der Waals surface area contributed by atoms with Crippen LogP contribution in [-0.4, -0.2) is 23.2 Å². The van der Waals surface area contributed by atoms with E-state index in [2.05, 4.69) is 4.98 Å². The molecule has 3 aromatic rings. The number of carboxylic acids is 1. The van der Waals surface area contributed by atoms with Crippen molar-refractivity contribution in [1.82, 2.24) is 4.98 Å². The number of hydrogen-bond donors (Lipinski definition) is 1. The van der Waals surface area contributed by atoms with Crippen LogP contribution in [0.1, 0.15) is 10.4 Å². The van der Waals surface area contributed by atoms with E-state index in [4.69, 9.17) is 16.3 Å². The highest BCUT2D eigenvalue weighted by Gasteiger charge is 2.16. The number of aromatic nitrogens is 1. The van der Waals surface area contributed by atoms with Crippen molar-refractivity contribution in [1.29, 1.82) is 0 Å². The van der Waals surface area contributed by atoms with Crippen LogP contribution in [0, 0.1) is 5.82 Å². The minimum absolute atomic E-state index is 0.0356. The number of nitrogens with zero attached hydrogens (tertiary/aromatic N) is 1. The van der Waals surface area contributed by atoms with Crippen molar-refractivity contribution < 1.29 is 19.0 Å². The molecular formula is C17H11ClFNO3. The second kappa shape index (κ2) is 5.85. The van der Waals surface area contributed by atoms with Crippen LogP contribution in [0.15, 0.2) is 42.5 Å². The molecule has 4 nitrogen and oxygen atoms in total. The average molecular weight is 332 g/mol. The van der Waals surface area contributed by atoms with E-state index in [9.17, 15) is 14.3 Å². The maximum absolute atomic E-state index is 13.4. The van der Waals surface area contributed by atoms with Crippen molar-refractivity contribution in [2.24, 2.45) is 0 Å². The molecule has 6 heteroatoms. The van der Waals surface area contributed by atoms with Crippen LogP contribution in [-0.2, 0) is 0 Å². The zero-order chi connectivity index (χ0) is 16.6. The highest BCUT2D eigenvalue weighted by atomic mass is 35.5. The smallest absolute Gasteiger partial charge is 0.336 e. The molecule has 116 valence electrons. The molecule has 0 bridgehead atoms. The summed E-state index contributed by atoms with van der Waals surface area (Å²) in [7, 11) is 1.50. The Balaban J connectivity index is 2.33. The van der Waals surface area contributed by atoms with Gasteiger partial charge < -0.3 is 9.84 Å². The van der Waals surface area contributed by atoms with Crippen molar-refractivity contribution in [3.63, 3.8) is 0 Å². The van der Waals surface area contributed by atoms with Crippen molar-refractivity contribution in [3.8, 4) is 17.0 Å². The fraction of sp³-hybridized carbons (Fsp3) is 0.0588. The van der Waals surface area contributed by atoms with E-state index in [0.29, 0.717) is 27.5 Å². The molecule has 1 N–H and O–H groups in total. The highest BCUT2D eigenvalue weighted by Crippen LogP contribution is 2.33. The summed E-state index contributed by atoms with van der Waals surface area (Å²) in [5.74, 6) is -1.17. The number of carboxylic acid groups (broad SMARTS) is 1. The number of aromatic carboxylic acids is 1. The van der Waals surface area contributed by atoms with Crippen LogP contribution < -0.4 is 4.74 Å². The Labute approximate surface area is 136 Å². The molecule has 0 aliphatic rings.